The van der Waals surface area contributed by atoms with Crippen molar-refractivity contribution in [1.29, 1.82) is 0 Å². The maximum Gasteiger partial charge on any atom is 0.249 e. The summed E-state index contributed by atoms with van der Waals surface area (Å²) < 4.78 is 23.3. The molecule has 7 heteroatoms. The second-order valence-electron chi connectivity index (χ2n) is 5.78. The first-order chi connectivity index (χ1) is 12.5. The quantitative estimate of drug-likeness (QED) is 0.734. The van der Waals surface area contributed by atoms with E-state index in [0.717, 1.165) is 16.9 Å². The van der Waals surface area contributed by atoms with Gasteiger partial charge in [-0.25, -0.2) is 4.39 Å². The molecule has 1 aromatic heterocycles. The molecule has 0 saturated heterocycles. The summed E-state index contributed by atoms with van der Waals surface area (Å²) >= 11 is 0. The molecular formula is C19H18FN3O3. The molecule has 1 atom stereocenters. The van der Waals surface area contributed by atoms with Gasteiger partial charge >= 0.3 is 0 Å². The zero-order valence-corrected chi connectivity index (χ0v) is 14.4. The summed E-state index contributed by atoms with van der Waals surface area (Å²) in [5.74, 6) is 0.928. The van der Waals surface area contributed by atoms with Crippen LogP contribution in [0.2, 0.25) is 0 Å². The third-order valence-electron chi connectivity index (χ3n) is 3.82. The van der Waals surface area contributed by atoms with Crippen LogP contribution in [0.1, 0.15) is 24.4 Å². The number of carbonyl (C=O) groups excluding carboxylic acids is 1. The highest BCUT2D eigenvalue weighted by Gasteiger charge is 2.17. The van der Waals surface area contributed by atoms with Crippen LogP contribution in [0.4, 0.5) is 4.39 Å². The Morgan fingerprint density at radius 2 is 1.88 bits per heavy atom. The fourth-order valence-corrected chi connectivity index (χ4v) is 2.41. The minimum Gasteiger partial charge on any atom is -0.497 e. The van der Waals surface area contributed by atoms with Gasteiger partial charge < -0.3 is 14.6 Å². The molecule has 3 aromatic rings. The number of rotatable bonds is 6. The Balaban J connectivity index is 1.62. The van der Waals surface area contributed by atoms with Crippen molar-refractivity contribution in [1.82, 2.24) is 15.5 Å². The first-order valence-corrected chi connectivity index (χ1v) is 8.07. The Kier molecular flexibility index (Phi) is 5.26. The normalized spacial score (nSPS) is 11.8. The largest absolute Gasteiger partial charge is 0.497 e. The van der Waals surface area contributed by atoms with E-state index in [-0.39, 0.29) is 18.1 Å². The van der Waals surface area contributed by atoms with E-state index in [1.807, 2.05) is 12.1 Å². The third kappa shape index (κ3) is 4.24. The van der Waals surface area contributed by atoms with Crippen LogP contribution in [0.5, 0.6) is 5.75 Å². The molecule has 1 heterocycles. The van der Waals surface area contributed by atoms with Gasteiger partial charge in [-0.2, -0.15) is 4.98 Å². The Morgan fingerprint density at radius 1 is 1.19 bits per heavy atom. The van der Waals surface area contributed by atoms with E-state index in [2.05, 4.69) is 15.5 Å². The Morgan fingerprint density at radius 3 is 2.54 bits per heavy atom. The minimum absolute atomic E-state index is 0.143. The summed E-state index contributed by atoms with van der Waals surface area (Å²) in [4.78, 5) is 16.4. The van der Waals surface area contributed by atoms with Gasteiger partial charge in [0.05, 0.1) is 13.5 Å². The molecule has 0 radical (unpaired) electrons. The number of carbonyl (C=O) groups is 1. The van der Waals surface area contributed by atoms with Crippen LogP contribution in [0.15, 0.2) is 53.1 Å². The molecule has 0 fully saturated rings. The van der Waals surface area contributed by atoms with E-state index < -0.39 is 6.04 Å². The number of amides is 1. The fraction of sp³-hybridized carbons (Fsp3) is 0.211. The summed E-state index contributed by atoms with van der Waals surface area (Å²) in [5, 5.41) is 6.74. The zero-order chi connectivity index (χ0) is 18.5. The fourth-order valence-electron chi connectivity index (χ4n) is 2.41. The summed E-state index contributed by atoms with van der Waals surface area (Å²) in [5.41, 5.74) is 1.51. The van der Waals surface area contributed by atoms with Crippen molar-refractivity contribution in [2.75, 3.05) is 7.11 Å². The number of nitrogens with zero attached hydrogens (tertiary/aromatic N) is 2. The van der Waals surface area contributed by atoms with Gasteiger partial charge in [0, 0.05) is 5.56 Å². The lowest BCUT2D eigenvalue weighted by molar-refractivity contribution is -0.121. The molecule has 1 unspecified atom stereocenters. The van der Waals surface area contributed by atoms with E-state index in [0.29, 0.717) is 11.7 Å². The molecule has 26 heavy (non-hydrogen) atoms. The third-order valence-corrected chi connectivity index (χ3v) is 3.82. The van der Waals surface area contributed by atoms with Crippen LogP contribution in [0.3, 0.4) is 0 Å². The van der Waals surface area contributed by atoms with Gasteiger partial charge in [-0.15, -0.1) is 0 Å². The lowest BCUT2D eigenvalue weighted by atomic mass is 10.1. The molecule has 0 spiro atoms. The SMILES string of the molecule is COc1ccc(-c2noc(C(C)NC(=O)Cc3ccc(F)cc3)n2)cc1. The second-order valence-corrected chi connectivity index (χ2v) is 5.78. The predicted octanol–water partition coefficient (Wildman–Crippen LogP) is 3.30. The van der Waals surface area contributed by atoms with Gasteiger partial charge in [0.1, 0.15) is 17.6 Å². The van der Waals surface area contributed by atoms with Crippen LogP contribution < -0.4 is 10.1 Å². The average Bonchev–Trinajstić information content (AvgIpc) is 3.14. The van der Waals surface area contributed by atoms with Crippen LogP contribution in [-0.4, -0.2) is 23.2 Å². The van der Waals surface area contributed by atoms with Crippen molar-refractivity contribution in [2.45, 2.75) is 19.4 Å². The lowest BCUT2D eigenvalue weighted by Gasteiger charge is -2.09. The van der Waals surface area contributed by atoms with E-state index in [1.54, 1.807) is 38.3 Å². The molecule has 2 aromatic carbocycles. The molecular weight excluding hydrogens is 337 g/mol. The van der Waals surface area contributed by atoms with Crippen molar-refractivity contribution in [2.24, 2.45) is 0 Å². The van der Waals surface area contributed by atoms with Gasteiger partial charge in [-0.3, -0.25) is 4.79 Å². The van der Waals surface area contributed by atoms with Crippen LogP contribution >= 0.6 is 0 Å². The Hall–Kier alpha value is -3.22. The molecule has 1 amide bonds. The van der Waals surface area contributed by atoms with Crippen molar-refractivity contribution < 1.29 is 18.4 Å². The predicted molar refractivity (Wildman–Crippen MR) is 92.9 cm³/mol. The van der Waals surface area contributed by atoms with Crippen molar-refractivity contribution in [3.63, 3.8) is 0 Å². The highest BCUT2D eigenvalue weighted by Crippen LogP contribution is 2.21. The Bertz CT molecular complexity index is 876. The van der Waals surface area contributed by atoms with Gasteiger partial charge in [0.15, 0.2) is 0 Å². The van der Waals surface area contributed by atoms with Crippen molar-refractivity contribution in [3.8, 4) is 17.1 Å². The molecule has 6 nitrogen and oxygen atoms in total. The summed E-state index contributed by atoms with van der Waals surface area (Å²) in [6, 6.07) is 12.6. The number of benzene rings is 2. The maximum atomic E-state index is 12.9. The molecule has 0 aliphatic heterocycles. The van der Waals surface area contributed by atoms with E-state index >= 15 is 0 Å². The molecule has 3 rings (SSSR count). The smallest absolute Gasteiger partial charge is 0.249 e. The molecule has 0 saturated carbocycles. The molecule has 1 N–H and O–H groups in total. The Labute approximate surface area is 150 Å². The summed E-state index contributed by atoms with van der Waals surface area (Å²) in [6.07, 6.45) is 0.143. The summed E-state index contributed by atoms with van der Waals surface area (Å²) in [7, 11) is 1.60. The number of hydrogen-bond donors (Lipinski definition) is 1. The van der Waals surface area contributed by atoms with Gasteiger partial charge in [-0.1, -0.05) is 17.3 Å². The first-order valence-electron chi connectivity index (χ1n) is 8.07. The number of nitrogens with one attached hydrogen (secondary N) is 1. The number of aromatic nitrogens is 2. The number of ether oxygens (including phenoxy) is 1. The van der Waals surface area contributed by atoms with Crippen molar-refractivity contribution >= 4 is 5.91 Å². The highest BCUT2D eigenvalue weighted by atomic mass is 19.1. The van der Waals surface area contributed by atoms with Crippen LogP contribution in [0.25, 0.3) is 11.4 Å². The van der Waals surface area contributed by atoms with E-state index in [4.69, 9.17) is 9.26 Å². The average molecular weight is 355 g/mol. The van der Waals surface area contributed by atoms with Gasteiger partial charge in [0.2, 0.25) is 17.6 Å². The summed E-state index contributed by atoms with van der Waals surface area (Å²) in [6.45, 7) is 1.76. The number of methoxy groups -OCH3 is 1. The van der Waals surface area contributed by atoms with Crippen LogP contribution in [0, 0.1) is 5.82 Å². The molecule has 0 bridgehead atoms. The number of halogens is 1. The van der Waals surface area contributed by atoms with Gasteiger partial charge in [-0.05, 0) is 48.9 Å². The van der Waals surface area contributed by atoms with Crippen LogP contribution in [-0.2, 0) is 11.2 Å². The molecule has 0 aliphatic rings. The molecule has 0 aliphatic carbocycles. The lowest BCUT2D eigenvalue weighted by Crippen LogP contribution is -2.28. The first kappa shape index (κ1) is 17.6. The van der Waals surface area contributed by atoms with Gasteiger partial charge in [0.25, 0.3) is 0 Å². The second kappa shape index (κ2) is 7.77. The topological polar surface area (TPSA) is 77.3 Å². The standard InChI is InChI=1S/C19H18FN3O3/c1-12(21-17(24)11-13-3-7-15(20)8-4-13)19-22-18(23-26-19)14-5-9-16(25-2)10-6-14/h3-10,12H,11H2,1-2H3,(H,21,24). The monoisotopic (exact) mass is 355 g/mol. The van der Waals surface area contributed by atoms with E-state index in [1.165, 1.54) is 12.1 Å². The van der Waals surface area contributed by atoms with E-state index in [9.17, 15) is 9.18 Å². The highest BCUT2D eigenvalue weighted by molar-refractivity contribution is 5.78. The molecule has 134 valence electrons. The maximum absolute atomic E-state index is 12.9. The minimum atomic E-state index is -0.442. The number of hydrogen-bond acceptors (Lipinski definition) is 5. The van der Waals surface area contributed by atoms with Crippen molar-refractivity contribution in [3.05, 3.63) is 65.8 Å². The zero-order valence-electron chi connectivity index (χ0n) is 14.4.